The van der Waals surface area contributed by atoms with Gasteiger partial charge in [-0.3, -0.25) is 0 Å². The van der Waals surface area contributed by atoms with E-state index in [2.05, 4.69) is 0 Å². The summed E-state index contributed by atoms with van der Waals surface area (Å²) < 4.78 is 37.2. The fourth-order valence-electron chi connectivity index (χ4n) is 4.12. The van der Waals surface area contributed by atoms with Crippen molar-refractivity contribution in [2.75, 3.05) is 33.0 Å². The van der Waals surface area contributed by atoms with Crippen molar-refractivity contribution >= 4 is 18.9 Å². The SMILES string of the molecule is CC(C)(CC=O)OCCC(C)(C)OCC(COC(C)(C)CCOC(C)(C)CCC=O)OC(C)(C)CCOC(C)(C)CC=O. The van der Waals surface area contributed by atoms with Crippen LogP contribution in [-0.4, -0.2) is 91.6 Å². The Hall–Kier alpha value is -1.23. The van der Waals surface area contributed by atoms with E-state index in [4.69, 9.17) is 28.4 Å². The molecule has 0 aromatic heterocycles. The van der Waals surface area contributed by atoms with E-state index >= 15 is 0 Å². The van der Waals surface area contributed by atoms with Gasteiger partial charge in [0.15, 0.2) is 0 Å². The molecule has 0 aromatic carbocycles. The summed E-state index contributed by atoms with van der Waals surface area (Å²) in [6, 6.07) is 0. The molecule has 0 saturated carbocycles. The average Bonchev–Trinajstić information content (AvgIpc) is 2.83. The molecule has 0 fully saturated rings. The molecular formula is C34H64O9. The highest BCUT2D eigenvalue weighted by atomic mass is 16.6. The Balaban J connectivity index is 5.30. The minimum absolute atomic E-state index is 0.316. The Bertz CT molecular complexity index is 800. The van der Waals surface area contributed by atoms with E-state index in [-0.39, 0.29) is 11.7 Å². The fraction of sp³-hybridized carbons (Fsp3) is 0.912. The van der Waals surface area contributed by atoms with Crippen LogP contribution in [0.2, 0.25) is 0 Å². The summed E-state index contributed by atoms with van der Waals surface area (Å²) in [5.74, 6) is 0. The van der Waals surface area contributed by atoms with Gasteiger partial charge in [0.1, 0.15) is 25.0 Å². The number of carbonyl (C=O) groups excluding carboxylic acids is 3. The van der Waals surface area contributed by atoms with Gasteiger partial charge in [-0.15, -0.1) is 0 Å². The van der Waals surface area contributed by atoms with Crippen molar-refractivity contribution in [2.45, 2.75) is 168 Å². The van der Waals surface area contributed by atoms with Crippen LogP contribution in [0.5, 0.6) is 0 Å². The maximum absolute atomic E-state index is 11.0. The van der Waals surface area contributed by atoms with Crippen molar-refractivity contribution in [1.82, 2.24) is 0 Å². The highest BCUT2D eigenvalue weighted by molar-refractivity contribution is 5.51. The fourth-order valence-corrected chi connectivity index (χ4v) is 4.12. The third-order valence-corrected chi connectivity index (χ3v) is 7.41. The molecule has 43 heavy (non-hydrogen) atoms. The molecule has 9 heteroatoms. The molecule has 0 aliphatic rings. The summed E-state index contributed by atoms with van der Waals surface area (Å²) >= 11 is 0. The summed E-state index contributed by atoms with van der Waals surface area (Å²) in [7, 11) is 0. The zero-order valence-corrected chi connectivity index (χ0v) is 29.5. The van der Waals surface area contributed by atoms with E-state index in [0.717, 1.165) is 18.9 Å². The van der Waals surface area contributed by atoms with Crippen LogP contribution in [-0.2, 0) is 42.8 Å². The summed E-state index contributed by atoms with van der Waals surface area (Å²) in [4.78, 5) is 32.6. The Morgan fingerprint density at radius 2 is 0.791 bits per heavy atom. The molecular weight excluding hydrogens is 552 g/mol. The van der Waals surface area contributed by atoms with Crippen LogP contribution in [0.25, 0.3) is 0 Å². The lowest BCUT2D eigenvalue weighted by atomic mass is 10.0. The van der Waals surface area contributed by atoms with Gasteiger partial charge in [0.05, 0.1) is 66.6 Å². The topological polar surface area (TPSA) is 107 Å². The van der Waals surface area contributed by atoms with E-state index < -0.39 is 28.0 Å². The average molecular weight is 617 g/mol. The molecule has 9 nitrogen and oxygen atoms in total. The number of aldehydes is 3. The van der Waals surface area contributed by atoms with E-state index in [1.807, 2.05) is 83.1 Å². The molecule has 0 aromatic rings. The van der Waals surface area contributed by atoms with E-state index in [1.165, 1.54) is 0 Å². The van der Waals surface area contributed by atoms with Gasteiger partial charge in [0.25, 0.3) is 0 Å². The lowest BCUT2D eigenvalue weighted by Gasteiger charge is -2.36. The first kappa shape index (κ1) is 41.8. The summed E-state index contributed by atoms with van der Waals surface area (Å²) in [5, 5.41) is 0. The first-order valence-electron chi connectivity index (χ1n) is 15.8. The predicted molar refractivity (Wildman–Crippen MR) is 170 cm³/mol. The lowest BCUT2D eigenvalue weighted by Crippen LogP contribution is -2.42. The van der Waals surface area contributed by atoms with Crippen LogP contribution in [0.15, 0.2) is 0 Å². The van der Waals surface area contributed by atoms with Gasteiger partial charge in [-0.2, -0.15) is 0 Å². The lowest BCUT2D eigenvalue weighted by molar-refractivity contribution is -0.178. The highest BCUT2D eigenvalue weighted by Crippen LogP contribution is 2.25. The molecule has 0 aliphatic carbocycles. The highest BCUT2D eigenvalue weighted by Gasteiger charge is 2.31. The maximum Gasteiger partial charge on any atom is 0.122 e. The van der Waals surface area contributed by atoms with Gasteiger partial charge < -0.3 is 42.8 Å². The molecule has 0 heterocycles. The van der Waals surface area contributed by atoms with Crippen LogP contribution in [0, 0.1) is 0 Å². The molecule has 1 unspecified atom stereocenters. The maximum atomic E-state index is 11.0. The zero-order chi connectivity index (χ0) is 33.4. The van der Waals surface area contributed by atoms with Crippen molar-refractivity contribution in [2.24, 2.45) is 0 Å². The second-order valence-electron chi connectivity index (χ2n) is 15.2. The molecule has 0 N–H and O–H groups in total. The van der Waals surface area contributed by atoms with Crippen molar-refractivity contribution in [1.29, 1.82) is 0 Å². The number of rotatable bonds is 27. The smallest absolute Gasteiger partial charge is 0.122 e. The second kappa shape index (κ2) is 18.7. The molecule has 0 saturated heterocycles. The molecule has 0 aliphatic heterocycles. The zero-order valence-electron chi connectivity index (χ0n) is 29.5. The van der Waals surface area contributed by atoms with Gasteiger partial charge in [-0.1, -0.05) is 0 Å². The predicted octanol–water partition coefficient (Wildman–Crippen LogP) is 6.45. The summed E-state index contributed by atoms with van der Waals surface area (Å²) in [6.45, 7) is 25.8. The van der Waals surface area contributed by atoms with Gasteiger partial charge in [-0.25, -0.2) is 0 Å². The van der Waals surface area contributed by atoms with Crippen molar-refractivity contribution in [3.63, 3.8) is 0 Å². The molecule has 0 amide bonds. The summed E-state index contributed by atoms with van der Waals surface area (Å²) in [5.41, 5.74) is -2.90. The molecule has 0 spiro atoms. The Morgan fingerprint density at radius 3 is 1.16 bits per heavy atom. The van der Waals surface area contributed by atoms with Gasteiger partial charge in [0, 0.05) is 19.3 Å². The first-order chi connectivity index (χ1) is 19.6. The molecule has 254 valence electrons. The van der Waals surface area contributed by atoms with Gasteiger partial charge >= 0.3 is 0 Å². The monoisotopic (exact) mass is 616 g/mol. The van der Waals surface area contributed by atoms with Crippen LogP contribution in [0.1, 0.15) is 128 Å². The molecule has 0 rings (SSSR count). The summed E-state index contributed by atoms with van der Waals surface area (Å²) in [6.07, 6.45) is 6.08. The number of hydrogen-bond acceptors (Lipinski definition) is 9. The largest absolute Gasteiger partial charge is 0.375 e. The first-order valence-corrected chi connectivity index (χ1v) is 15.8. The molecule has 1 atom stereocenters. The van der Waals surface area contributed by atoms with Crippen molar-refractivity contribution in [3.05, 3.63) is 0 Å². The Morgan fingerprint density at radius 1 is 0.442 bits per heavy atom. The van der Waals surface area contributed by atoms with Gasteiger partial charge in [0.2, 0.25) is 0 Å². The Kier molecular flexibility index (Phi) is 18.1. The van der Waals surface area contributed by atoms with E-state index in [0.29, 0.717) is 78.0 Å². The van der Waals surface area contributed by atoms with Gasteiger partial charge in [-0.05, 0) is 109 Å². The van der Waals surface area contributed by atoms with Crippen LogP contribution in [0.4, 0.5) is 0 Å². The van der Waals surface area contributed by atoms with E-state index in [9.17, 15) is 14.4 Å². The standard InChI is InChI=1S/C34H64O9/c1-29(2,14-13-20-35)38-23-17-32(7,8)41-26-28(43-34(11,12)19-25-40-31(5,6)16-22-37)27-42-33(9,10)18-24-39-30(3,4)15-21-36/h20-22,28H,13-19,23-27H2,1-12H3. The van der Waals surface area contributed by atoms with Crippen LogP contribution in [0.3, 0.4) is 0 Å². The van der Waals surface area contributed by atoms with E-state index in [1.54, 1.807) is 0 Å². The number of hydrogen-bond donors (Lipinski definition) is 0. The number of carbonyl (C=O) groups is 3. The normalized spacial score (nSPS) is 14.5. The van der Waals surface area contributed by atoms with Crippen molar-refractivity contribution < 1.29 is 42.8 Å². The minimum Gasteiger partial charge on any atom is -0.375 e. The third-order valence-electron chi connectivity index (χ3n) is 7.41. The van der Waals surface area contributed by atoms with Crippen molar-refractivity contribution in [3.8, 4) is 0 Å². The Labute approximate surface area is 262 Å². The molecule has 0 radical (unpaired) electrons. The van der Waals surface area contributed by atoms with Crippen LogP contribution < -0.4 is 0 Å². The number of ether oxygens (including phenoxy) is 6. The van der Waals surface area contributed by atoms with Crippen LogP contribution >= 0.6 is 0 Å². The third kappa shape index (κ3) is 22.0. The molecule has 0 bridgehead atoms. The minimum atomic E-state index is -0.531. The quantitative estimate of drug-likeness (QED) is 0.0962. The second-order valence-corrected chi connectivity index (χ2v) is 15.2.